The highest BCUT2D eigenvalue weighted by Crippen LogP contribution is 2.28. The number of rotatable bonds is 9. The van der Waals surface area contributed by atoms with Crippen molar-refractivity contribution < 1.29 is 32.6 Å². The molecule has 0 fully saturated rings. The van der Waals surface area contributed by atoms with E-state index in [9.17, 15) is 18.4 Å². The second-order valence-electron chi connectivity index (χ2n) is 6.65. The van der Waals surface area contributed by atoms with Gasteiger partial charge in [-0.3, -0.25) is 4.79 Å². The first-order valence-corrected chi connectivity index (χ1v) is 9.03. The number of esters is 1. The van der Waals surface area contributed by atoms with Crippen LogP contribution in [-0.2, 0) is 9.53 Å². The molecule has 0 saturated carbocycles. The van der Waals surface area contributed by atoms with Crippen LogP contribution in [0.4, 0.5) is 14.5 Å². The van der Waals surface area contributed by atoms with Crippen molar-refractivity contribution in [2.75, 3.05) is 25.6 Å². The summed E-state index contributed by atoms with van der Waals surface area (Å²) in [5.74, 6) is -1.86. The SMILES string of the molecule is COc1cc(C(=O)OCC(=O)Nc2ccc(F)cc2F)ccc1OCCC(C)C. The van der Waals surface area contributed by atoms with Gasteiger partial charge in [-0.2, -0.15) is 0 Å². The van der Waals surface area contributed by atoms with Gasteiger partial charge in [0.2, 0.25) is 0 Å². The molecule has 0 heterocycles. The first-order chi connectivity index (χ1) is 13.8. The van der Waals surface area contributed by atoms with Crippen LogP contribution in [0.3, 0.4) is 0 Å². The Bertz CT molecular complexity index is 870. The third-order valence-corrected chi connectivity index (χ3v) is 3.89. The van der Waals surface area contributed by atoms with Gasteiger partial charge in [0.1, 0.15) is 11.6 Å². The van der Waals surface area contributed by atoms with E-state index in [1.165, 1.54) is 19.2 Å². The summed E-state index contributed by atoms with van der Waals surface area (Å²) < 4.78 is 42.2. The number of hydrogen-bond acceptors (Lipinski definition) is 5. The lowest BCUT2D eigenvalue weighted by molar-refractivity contribution is -0.119. The average molecular weight is 407 g/mol. The molecule has 0 unspecified atom stereocenters. The Morgan fingerprint density at radius 1 is 1.07 bits per heavy atom. The van der Waals surface area contributed by atoms with Crippen LogP contribution in [-0.4, -0.2) is 32.2 Å². The van der Waals surface area contributed by atoms with E-state index < -0.39 is 30.1 Å². The number of amides is 1. The minimum absolute atomic E-state index is 0.166. The van der Waals surface area contributed by atoms with E-state index in [0.717, 1.165) is 18.6 Å². The normalized spacial score (nSPS) is 10.6. The highest BCUT2D eigenvalue weighted by atomic mass is 19.1. The largest absolute Gasteiger partial charge is 0.493 e. The molecule has 0 saturated heterocycles. The molecule has 0 aliphatic heterocycles. The van der Waals surface area contributed by atoms with E-state index in [4.69, 9.17) is 14.2 Å². The van der Waals surface area contributed by atoms with E-state index in [0.29, 0.717) is 30.1 Å². The number of halogens is 2. The quantitative estimate of drug-likeness (QED) is 0.631. The van der Waals surface area contributed by atoms with Crippen LogP contribution in [0.15, 0.2) is 36.4 Å². The average Bonchev–Trinajstić information content (AvgIpc) is 2.68. The second kappa shape index (κ2) is 10.4. The number of ether oxygens (including phenoxy) is 3. The molecular formula is C21H23F2NO5. The van der Waals surface area contributed by atoms with Crippen molar-refractivity contribution >= 4 is 17.6 Å². The molecule has 1 amide bonds. The molecule has 0 aliphatic carbocycles. The van der Waals surface area contributed by atoms with E-state index in [-0.39, 0.29) is 11.3 Å². The van der Waals surface area contributed by atoms with Gasteiger partial charge in [-0.05, 0) is 42.7 Å². The molecule has 29 heavy (non-hydrogen) atoms. The fourth-order valence-corrected chi connectivity index (χ4v) is 2.31. The molecule has 8 heteroatoms. The molecular weight excluding hydrogens is 384 g/mol. The number of carbonyl (C=O) groups is 2. The van der Waals surface area contributed by atoms with Gasteiger partial charge >= 0.3 is 5.97 Å². The topological polar surface area (TPSA) is 73.9 Å². The van der Waals surface area contributed by atoms with E-state index in [2.05, 4.69) is 19.2 Å². The van der Waals surface area contributed by atoms with Gasteiger partial charge in [-0.1, -0.05) is 13.8 Å². The Morgan fingerprint density at radius 3 is 2.48 bits per heavy atom. The maximum absolute atomic E-state index is 13.5. The molecule has 6 nitrogen and oxygen atoms in total. The Balaban J connectivity index is 1.93. The van der Waals surface area contributed by atoms with Crippen LogP contribution in [0.1, 0.15) is 30.6 Å². The lowest BCUT2D eigenvalue weighted by atomic mass is 10.1. The lowest BCUT2D eigenvalue weighted by Gasteiger charge is -2.13. The molecule has 0 aromatic heterocycles. The third-order valence-electron chi connectivity index (χ3n) is 3.89. The minimum atomic E-state index is -0.928. The van der Waals surface area contributed by atoms with Crippen LogP contribution in [0.2, 0.25) is 0 Å². The number of benzene rings is 2. The van der Waals surface area contributed by atoms with Crippen LogP contribution < -0.4 is 14.8 Å². The first kappa shape index (κ1) is 22.1. The standard InChI is InChI=1S/C21H23F2NO5/c1-13(2)8-9-28-18-7-4-14(10-19(18)27-3)21(26)29-12-20(25)24-17-6-5-15(22)11-16(17)23/h4-7,10-11,13H,8-9,12H2,1-3H3,(H,24,25). The van der Waals surface area contributed by atoms with Crippen LogP contribution in [0.5, 0.6) is 11.5 Å². The maximum Gasteiger partial charge on any atom is 0.338 e. The predicted octanol–water partition coefficient (Wildman–Crippen LogP) is 4.19. The number of nitrogens with one attached hydrogen (secondary N) is 1. The summed E-state index contributed by atoms with van der Waals surface area (Å²) in [5, 5.41) is 2.21. The second-order valence-corrected chi connectivity index (χ2v) is 6.65. The highest BCUT2D eigenvalue weighted by molar-refractivity contribution is 5.95. The summed E-state index contributed by atoms with van der Waals surface area (Å²) in [6.07, 6.45) is 0.872. The molecule has 2 rings (SSSR count). The number of carbonyl (C=O) groups excluding carboxylic acids is 2. The Kier molecular flexibility index (Phi) is 7.94. The first-order valence-electron chi connectivity index (χ1n) is 9.03. The fraction of sp³-hybridized carbons (Fsp3) is 0.333. The van der Waals surface area contributed by atoms with Crippen molar-refractivity contribution in [2.24, 2.45) is 5.92 Å². The van der Waals surface area contributed by atoms with Gasteiger partial charge in [0, 0.05) is 6.07 Å². The predicted molar refractivity (Wildman–Crippen MR) is 103 cm³/mol. The zero-order chi connectivity index (χ0) is 21.4. The Morgan fingerprint density at radius 2 is 1.83 bits per heavy atom. The number of methoxy groups -OCH3 is 1. The molecule has 0 aliphatic rings. The van der Waals surface area contributed by atoms with Crippen LogP contribution >= 0.6 is 0 Å². The van der Waals surface area contributed by atoms with Gasteiger partial charge < -0.3 is 19.5 Å². The van der Waals surface area contributed by atoms with E-state index in [1.807, 2.05) is 0 Å². The molecule has 156 valence electrons. The van der Waals surface area contributed by atoms with Gasteiger partial charge in [0.25, 0.3) is 5.91 Å². The Labute approximate surface area is 167 Å². The zero-order valence-corrected chi connectivity index (χ0v) is 16.5. The lowest BCUT2D eigenvalue weighted by Crippen LogP contribution is -2.21. The number of anilines is 1. The summed E-state index contributed by atoms with van der Waals surface area (Å²) in [7, 11) is 1.45. The molecule has 0 bridgehead atoms. The molecule has 0 radical (unpaired) electrons. The summed E-state index contributed by atoms with van der Waals surface area (Å²) in [4.78, 5) is 24.0. The van der Waals surface area contributed by atoms with Crippen LogP contribution in [0.25, 0.3) is 0 Å². The molecule has 2 aromatic rings. The van der Waals surface area contributed by atoms with Crippen molar-refractivity contribution in [3.63, 3.8) is 0 Å². The fourth-order valence-electron chi connectivity index (χ4n) is 2.31. The van der Waals surface area contributed by atoms with Crippen molar-refractivity contribution in [1.82, 2.24) is 0 Å². The number of hydrogen-bond donors (Lipinski definition) is 1. The van der Waals surface area contributed by atoms with Crippen molar-refractivity contribution in [3.05, 3.63) is 53.6 Å². The molecule has 1 N–H and O–H groups in total. The molecule has 2 aromatic carbocycles. The molecule has 0 spiro atoms. The van der Waals surface area contributed by atoms with Crippen LogP contribution in [0, 0.1) is 17.6 Å². The Hall–Kier alpha value is -3.16. The third kappa shape index (κ3) is 6.74. The van der Waals surface area contributed by atoms with Crippen molar-refractivity contribution in [3.8, 4) is 11.5 Å². The summed E-state index contributed by atoms with van der Waals surface area (Å²) >= 11 is 0. The summed E-state index contributed by atoms with van der Waals surface area (Å²) in [5.41, 5.74) is -0.0455. The van der Waals surface area contributed by atoms with E-state index >= 15 is 0 Å². The summed E-state index contributed by atoms with van der Waals surface area (Å²) in [6.45, 7) is 4.04. The van der Waals surface area contributed by atoms with Crippen molar-refractivity contribution in [1.29, 1.82) is 0 Å². The van der Waals surface area contributed by atoms with Crippen molar-refractivity contribution in [2.45, 2.75) is 20.3 Å². The van der Waals surface area contributed by atoms with Gasteiger partial charge in [0.05, 0.1) is 25.0 Å². The minimum Gasteiger partial charge on any atom is -0.493 e. The van der Waals surface area contributed by atoms with E-state index in [1.54, 1.807) is 6.07 Å². The van der Waals surface area contributed by atoms with Gasteiger partial charge in [-0.15, -0.1) is 0 Å². The van der Waals surface area contributed by atoms with Gasteiger partial charge in [-0.25, -0.2) is 13.6 Å². The summed E-state index contributed by atoms with van der Waals surface area (Å²) in [6, 6.07) is 7.25. The monoisotopic (exact) mass is 407 g/mol. The molecule has 0 atom stereocenters. The smallest absolute Gasteiger partial charge is 0.338 e. The van der Waals surface area contributed by atoms with Gasteiger partial charge in [0.15, 0.2) is 18.1 Å². The zero-order valence-electron chi connectivity index (χ0n) is 16.5. The maximum atomic E-state index is 13.5. The highest BCUT2D eigenvalue weighted by Gasteiger charge is 2.15.